The summed E-state index contributed by atoms with van der Waals surface area (Å²) in [6.45, 7) is 6.73. The van der Waals surface area contributed by atoms with E-state index in [0.29, 0.717) is 17.8 Å². The van der Waals surface area contributed by atoms with Crippen molar-refractivity contribution in [2.24, 2.45) is 4.99 Å². The third kappa shape index (κ3) is 5.31. The van der Waals surface area contributed by atoms with Crippen LogP contribution in [0, 0.1) is 0 Å². The van der Waals surface area contributed by atoms with Crippen LogP contribution in [0.5, 0.6) is 5.75 Å². The number of methoxy groups -OCH3 is 1. The number of allylic oxidation sites excluding steroid dienone is 1. The Morgan fingerprint density at radius 3 is 2.71 bits per heavy atom. The zero-order chi connectivity index (χ0) is 24.2. The first-order chi connectivity index (χ1) is 16.4. The van der Waals surface area contributed by atoms with E-state index in [9.17, 15) is 9.59 Å². The Morgan fingerprint density at radius 1 is 1.29 bits per heavy atom. The molecule has 0 saturated carbocycles. The van der Waals surface area contributed by atoms with Crippen molar-refractivity contribution >= 4 is 28.8 Å². The van der Waals surface area contributed by atoms with Gasteiger partial charge in [0.25, 0.3) is 0 Å². The highest BCUT2D eigenvalue weighted by molar-refractivity contribution is 8.16. The summed E-state index contributed by atoms with van der Waals surface area (Å²) < 4.78 is 16.5. The van der Waals surface area contributed by atoms with Crippen molar-refractivity contribution in [2.75, 3.05) is 20.3 Å². The van der Waals surface area contributed by atoms with Gasteiger partial charge < -0.3 is 24.4 Å². The van der Waals surface area contributed by atoms with E-state index >= 15 is 0 Å². The van der Waals surface area contributed by atoms with Crippen molar-refractivity contribution in [3.63, 3.8) is 0 Å². The second kappa shape index (κ2) is 10.7. The fraction of sp³-hybridized carbons (Fsp3) is 0.480. The van der Waals surface area contributed by atoms with Crippen LogP contribution in [-0.2, 0) is 19.1 Å². The number of amidine groups is 1. The normalized spacial score (nSPS) is 21.9. The molecule has 8 nitrogen and oxygen atoms in total. The van der Waals surface area contributed by atoms with E-state index < -0.39 is 12.0 Å². The highest BCUT2D eigenvalue weighted by Gasteiger charge is 2.41. The molecule has 0 aromatic heterocycles. The molecule has 182 valence electrons. The minimum Gasteiger partial charge on any atom is -0.497 e. The molecule has 0 spiro atoms. The lowest BCUT2D eigenvalue weighted by Crippen LogP contribution is -2.39. The van der Waals surface area contributed by atoms with Crippen molar-refractivity contribution in [3.8, 4) is 5.75 Å². The Kier molecular flexibility index (Phi) is 7.63. The molecule has 3 aliphatic rings. The summed E-state index contributed by atoms with van der Waals surface area (Å²) in [6.07, 6.45) is 1.99. The highest BCUT2D eigenvalue weighted by Crippen LogP contribution is 2.45. The number of benzene rings is 1. The lowest BCUT2D eigenvalue weighted by atomic mass is 9.93. The SMILES string of the molecule is COc1ccc([C@H]2C(C(=O)OC(C)C)=C(C)N=C3SC=C(CC(=O)NC[C@@H]4CCCO4)N32)cc1. The molecule has 1 saturated heterocycles. The van der Waals surface area contributed by atoms with Crippen LogP contribution >= 0.6 is 11.8 Å². The van der Waals surface area contributed by atoms with E-state index in [0.717, 1.165) is 41.6 Å². The lowest BCUT2D eigenvalue weighted by Gasteiger charge is -2.36. The summed E-state index contributed by atoms with van der Waals surface area (Å²) in [5, 5.41) is 5.66. The second-order valence-electron chi connectivity index (χ2n) is 8.74. The molecule has 1 N–H and O–H groups in total. The summed E-state index contributed by atoms with van der Waals surface area (Å²) in [5.41, 5.74) is 2.76. The third-order valence-corrected chi connectivity index (χ3v) is 6.78. The zero-order valence-corrected chi connectivity index (χ0v) is 20.8. The molecule has 0 unspecified atom stereocenters. The average molecular weight is 486 g/mol. The van der Waals surface area contributed by atoms with Gasteiger partial charge in [0.15, 0.2) is 5.17 Å². The molecule has 2 atom stereocenters. The average Bonchev–Trinajstić information content (AvgIpc) is 3.46. The molecule has 0 bridgehead atoms. The smallest absolute Gasteiger partial charge is 0.338 e. The predicted molar refractivity (Wildman–Crippen MR) is 131 cm³/mol. The third-order valence-electron chi connectivity index (χ3n) is 5.89. The first-order valence-corrected chi connectivity index (χ1v) is 12.4. The van der Waals surface area contributed by atoms with Crippen LogP contribution in [0.15, 0.2) is 51.6 Å². The van der Waals surface area contributed by atoms with Crippen LogP contribution < -0.4 is 10.1 Å². The first kappa shape index (κ1) is 24.3. The molecule has 1 amide bonds. The maximum absolute atomic E-state index is 13.2. The number of fused-ring (bicyclic) bond motifs is 1. The number of hydrogen-bond donors (Lipinski definition) is 1. The Morgan fingerprint density at radius 2 is 2.06 bits per heavy atom. The Bertz CT molecular complexity index is 1030. The van der Waals surface area contributed by atoms with Gasteiger partial charge in [0.05, 0.1) is 43.1 Å². The first-order valence-electron chi connectivity index (χ1n) is 11.5. The Balaban J connectivity index is 1.61. The van der Waals surface area contributed by atoms with E-state index in [2.05, 4.69) is 10.3 Å². The van der Waals surface area contributed by atoms with Crippen LogP contribution in [0.3, 0.4) is 0 Å². The topological polar surface area (TPSA) is 89.5 Å². The minimum absolute atomic E-state index is 0.0815. The Labute approximate surface area is 204 Å². The Hall–Kier alpha value is -2.78. The number of nitrogens with one attached hydrogen (secondary N) is 1. The molecule has 3 aliphatic heterocycles. The second-order valence-corrected chi connectivity index (χ2v) is 9.57. The van der Waals surface area contributed by atoms with Gasteiger partial charge >= 0.3 is 5.97 Å². The number of rotatable bonds is 8. The predicted octanol–water partition coefficient (Wildman–Crippen LogP) is 3.91. The minimum atomic E-state index is -0.461. The monoisotopic (exact) mass is 485 g/mol. The quantitative estimate of drug-likeness (QED) is 0.559. The standard InChI is InChI=1S/C25H31N3O5S/c1-15(2)33-24(30)22-16(3)27-25-28(23(22)17-7-9-19(31-4)10-8-17)18(14-34-25)12-21(29)26-13-20-6-5-11-32-20/h7-10,14-15,20,23H,5-6,11-13H2,1-4H3,(H,26,29)/t20-,23-/m0/s1. The van der Waals surface area contributed by atoms with Gasteiger partial charge in [-0.1, -0.05) is 23.9 Å². The van der Waals surface area contributed by atoms with E-state index in [1.165, 1.54) is 11.8 Å². The molecule has 9 heteroatoms. The zero-order valence-electron chi connectivity index (χ0n) is 20.0. The van der Waals surface area contributed by atoms with Gasteiger partial charge in [0, 0.05) is 18.8 Å². The molecule has 4 rings (SSSR count). The summed E-state index contributed by atoms with van der Waals surface area (Å²) in [7, 11) is 1.61. The van der Waals surface area contributed by atoms with Gasteiger partial charge in [-0.25, -0.2) is 9.79 Å². The fourth-order valence-electron chi connectivity index (χ4n) is 4.27. The molecule has 1 fully saturated rings. The van der Waals surface area contributed by atoms with Crippen LogP contribution in [0.4, 0.5) is 0 Å². The molecule has 0 radical (unpaired) electrons. The van der Waals surface area contributed by atoms with Crippen molar-refractivity contribution in [2.45, 2.75) is 58.3 Å². The van der Waals surface area contributed by atoms with E-state index in [-0.39, 0.29) is 24.5 Å². The highest BCUT2D eigenvalue weighted by atomic mass is 32.2. The van der Waals surface area contributed by atoms with Crippen LogP contribution in [-0.4, -0.2) is 54.4 Å². The number of esters is 1. The molecule has 1 aromatic carbocycles. The number of carbonyl (C=O) groups is 2. The summed E-state index contributed by atoms with van der Waals surface area (Å²) >= 11 is 1.46. The molecule has 34 heavy (non-hydrogen) atoms. The maximum atomic E-state index is 13.2. The largest absolute Gasteiger partial charge is 0.497 e. The number of ether oxygens (including phenoxy) is 3. The van der Waals surface area contributed by atoms with E-state index in [1.54, 1.807) is 7.11 Å². The fourth-order valence-corrected chi connectivity index (χ4v) is 5.23. The van der Waals surface area contributed by atoms with Gasteiger partial charge in [-0.2, -0.15) is 0 Å². The van der Waals surface area contributed by atoms with E-state index in [1.807, 2.05) is 55.3 Å². The van der Waals surface area contributed by atoms with Gasteiger partial charge in [0.2, 0.25) is 5.91 Å². The number of thioether (sulfide) groups is 1. The van der Waals surface area contributed by atoms with Gasteiger partial charge in [-0.3, -0.25) is 4.79 Å². The van der Waals surface area contributed by atoms with Gasteiger partial charge in [0.1, 0.15) is 5.75 Å². The van der Waals surface area contributed by atoms with Gasteiger partial charge in [-0.05, 0) is 56.7 Å². The van der Waals surface area contributed by atoms with Gasteiger partial charge in [-0.15, -0.1) is 0 Å². The summed E-state index contributed by atoms with van der Waals surface area (Å²) in [6, 6.07) is 7.13. The van der Waals surface area contributed by atoms with Crippen LogP contribution in [0.2, 0.25) is 0 Å². The molecule has 0 aliphatic carbocycles. The molecular formula is C25H31N3O5S. The number of amides is 1. The molecule has 1 aromatic rings. The molecular weight excluding hydrogens is 454 g/mol. The van der Waals surface area contributed by atoms with Crippen LogP contribution in [0.25, 0.3) is 0 Å². The maximum Gasteiger partial charge on any atom is 0.338 e. The van der Waals surface area contributed by atoms with Crippen molar-refractivity contribution < 1.29 is 23.8 Å². The summed E-state index contributed by atoms with van der Waals surface area (Å²) in [4.78, 5) is 32.6. The lowest BCUT2D eigenvalue weighted by molar-refractivity contribution is -0.143. The number of hydrogen-bond acceptors (Lipinski definition) is 8. The van der Waals surface area contributed by atoms with Crippen LogP contribution in [0.1, 0.15) is 51.6 Å². The number of nitrogens with zero attached hydrogens (tertiary/aromatic N) is 2. The van der Waals surface area contributed by atoms with E-state index in [4.69, 9.17) is 14.2 Å². The summed E-state index contributed by atoms with van der Waals surface area (Å²) in [5.74, 6) is 0.227. The van der Waals surface area contributed by atoms with Crippen molar-refractivity contribution in [1.82, 2.24) is 10.2 Å². The number of aliphatic imine (C=N–C) groups is 1. The van der Waals surface area contributed by atoms with Crippen molar-refractivity contribution in [3.05, 3.63) is 52.2 Å². The number of carbonyl (C=O) groups excluding carboxylic acids is 2. The molecule has 3 heterocycles. The van der Waals surface area contributed by atoms with Crippen molar-refractivity contribution in [1.29, 1.82) is 0 Å².